The first-order valence-electron chi connectivity index (χ1n) is 7.38. The van der Waals surface area contributed by atoms with Crippen molar-refractivity contribution in [2.24, 2.45) is 5.16 Å². The van der Waals surface area contributed by atoms with Crippen LogP contribution in [0.4, 0.5) is 0 Å². The lowest BCUT2D eigenvalue weighted by atomic mass is 10.1. The molecule has 0 saturated heterocycles. The maximum atomic E-state index is 12.3. The van der Waals surface area contributed by atoms with E-state index in [1.54, 1.807) is 23.9 Å². The van der Waals surface area contributed by atoms with Crippen LogP contribution in [0.5, 0.6) is 5.75 Å². The number of hydrogen-bond acceptors (Lipinski definition) is 6. The highest BCUT2D eigenvalue weighted by Crippen LogP contribution is 2.31. The summed E-state index contributed by atoms with van der Waals surface area (Å²) in [7, 11) is -2.43. The molecule has 0 N–H and O–H groups in total. The second kappa shape index (κ2) is 6.86. The zero-order valence-corrected chi connectivity index (χ0v) is 15.0. The molecule has 2 aromatic carbocycles. The van der Waals surface area contributed by atoms with E-state index in [2.05, 4.69) is 5.16 Å². The normalized spacial score (nSPS) is 15.8. The van der Waals surface area contributed by atoms with Crippen molar-refractivity contribution in [1.29, 1.82) is 0 Å². The second-order valence-corrected chi connectivity index (χ2v) is 8.01. The molecule has 126 valence electrons. The van der Waals surface area contributed by atoms with Gasteiger partial charge in [-0.25, -0.2) is 0 Å². The fourth-order valence-corrected chi connectivity index (χ4v) is 4.12. The molecule has 24 heavy (non-hydrogen) atoms. The molecule has 7 heteroatoms. The van der Waals surface area contributed by atoms with Crippen molar-refractivity contribution < 1.29 is 17.4 Å². The topological polar surface area (TPSA) is 65.0 Å². The van der Waals surface area contributed by atoms with Crippen LogP contribution in [-0.4, -0.2) is 27.0 Å². The monoisotopic (exact) mass is 363 g/mol. The standard InChI is InChI=1S/C17H17NO4S2/c1-12-3-8-17-15(11-12)16(9-10-23-17)18-22-24(19,20)14-6-4-13(21-2)5-7-14/h3-8,11H,9-10H2,1-2H3/b18-16+. The van der Waals surface area contributed by atoms with Crippen molar-refractivity contribution in [1.82, 2.24) is 0 Å². The third kappa shape index (κ3) is 3.57. The van der Waals surface area contributed by atoms with Crippen LogP contribution < -0.4 is 4.74 Å². The maximum Gasteiger partial charge on any atom is 0.358 e. The third-order valence-corrected chi connectivity index (χ3v) is 5.83. The maximum absolute atomic E-state index is 12.3. The molecule has 0 saturated carbocycles. The van der Waals surface area contributed by atoms with Gasteiger partial charge in [-0.05, 0) is 43.3 Å². The van der Waals surface area contributed by atoms with Crippen molar-refractivity contribution in [2.45, 2.75) is 23.1 Å². The summed E-state index contributed by atoms with van der Waals surface area (Å²) in [6.45, 7) is 1.99. The molecule has 1 aliphatic heterocycles. The van der Waals surface area contributed by atoms with Gasteiger partial charge in [0.15, 0.2) is 0 Å². The fourth-order valence-electron chi connectivity index (χ4n) is 2.36. The molecule has 5 nitrogen and oxygen atoms in total. The first-order chi connectivity index (χ1) is 11.5. The number of fused-ring (bicyclic) bond motifs is 1. The van der Waals surface area contributed by atoms with Crippen molar-refractivity contribution in [2.75, 3.05) is 12.9 Å². The van der Waals surface area contributed by atoms with Gasteiger partial charge in [0, 0.05) is 22.6 Å². The van der Waals surface area contributed by atoms with Crippen LogP contribution in [0.1, 0.15) is 17.5 Å². The predicted molar refractivity (Wildman–Crippen MR) is 94.3 cm³/mol. The number of oxime groups is 1. The Hall–Kier alpha value is -1.99. The van der Waals surface area contributed by atoms with Gasteiger partial charge >= 0.3 is 10.1 Å². The molecule has 0 aliphatic carbocycles. The SMILES string of the molecule is COc1ccc(S(=O)(=O)O/N=C2\CCSc3ccc(C)cc32)cc1. The van der Waals surface area contributed by atoms with E-state index in [9.17, 15) is 8.42 Å². The minimum absolute atomic E-state index is 0.0438. The summed E-state index contributed by atoms with van der Waals surface area (Å²) in [6, 6.07) is 12.1. The van der Waals surface area contributed by atoms with E-state index in [-0.39, 0.29) is 4.90 Å². The molecule has 0 spiro atoms. The van der Waals surface area contributed by atoms with E-state index in [1.165, 1.54) is 19.2 Å². The van der Waals surface area contributed by atoms with Crippen LogP contribution in [0.2, 0.25) is 0 Å². The summed E-state index contributed by atoms with van der Waals surface area (Å²) in [5.41, 5.74) is 2.70. The molecule has 0 amide bonds. The van der Waals surface area contributed by atoms with Crippen LogP contribution in [0.25, 0.3) is 0 Å². The zero-order chi connectivity index (χ0) is 17.2. The Morgan fingerprint density at radius 2 is 1.88 bits per heavy atom. The number of ether oxygens (including phenoxy) is 1. The molecule has 0 bridgehead atoms. The third-order valence-electron chi connectivity index (χ3n) is 3.64. The van der Waals surface area contributed by atoms with Gasteiger partial charge in [-0.2, -0.15) is 8.42 Å². The van der Waals surface area contributed by atoms with Gasteiger partial charge in [0.05, 0.1) is 12.8 Å². The van der Waals surface area contributed by atoms with Crippen molar-refractivity contribution in [3.05, 3.63) is 53.6 Å². The number of benzene rings is 2. The van der Waals surface area contributed by atoms with Gasteiger partial charge in [0.2, 0.25) is 0 Å². The van der Waals surface area contributed by atoms with E-state index in [0.717, 1.165) is 21.8 Å². The largest absolute Gasteiger partial charge is 0.497 e. The molecule has 0 fully saturated rings. The summed E-state index contributed by atoms with van der Waals surface area (Å²) in [4.78, 5) is 1.14. The van der Waals surface area contributed by atoms with Gasteiger partial charge < -0.3 is 4.74 Å². The van der Waals surface area contributed by atoms with Crippen molar-refractivity contribution in [3.8, 4) is 5.75 Å². The van der Waals surface area contributed by atoms with Gasteiger partial charge in [-0.1, -0.05) is 16.8 Å². The Morgan fingerprint density at radius 1 is 1.12 bits per heavy atom. The van der Waals surface area contributed by atoms with Crippen LogP contribution >= 0.6 is 11.8 Å². The van der Waals surface area contributed by atoms with Crippen LogP contribution in [0, 0.1) is 6.92 Å². The van der Waals surface area contributed by atoms with Crippen LogP contribution in [0.15, 0.2) is 57.4 Å². The predicted octanol–water partition coefficient (Wildman–Crippen LogP) is 3.61. The van der Waals surface area contributed by atoms with E-state index in [4.69, 9.17) is 9.02 Å². The second-order valence-electron chi connectivity index (χ2n) is 5.34. The summed E-state index contributed by atoms with van der Waals surface area (Å²) in [5.74, 6) is 1.43. The average molecular weight is 363 g/mol. The lowest BCUT2D eigenvalue weighted by molar-refractivity contribution is 0.338. The van der Waals surface area contributed by atoms with Crippen molar-refractivity contribution >= 4 is 27.6 Å². The molecule has 0 unspecified atom stereocenters. The van der Waals surface area contributed by atoms with Gasteiger partial charge in [-0.15, -0.1) is 11.8 Å². The molecular weight excluding hydrogens is 346 g/mol. The molecule has 1 aliphatic rings. The number of hydrogen-bond donors (Lipinski definition) is 0. The van der Waals surface area contributed by atoms with Gasteiger partial charge in [-0.3, -0.25) is 4.28 Å². The molecule has 0 atom stereocenters. The number of aryl methyl sites for hydroxylation is 1. The van der Waals surface area contributed by atoms with E-state index in [0.29, 0.717) is 17.9 Å². The van der Waals surface area contributed by atoms with Crippen molar-refractivity contribution in [3.63, 3.8) is 0 Å². The Labute approximate surface area is 145 Å². The number of methoxy groups -OCH3 is 1. The first-order valence-corrected chi connectivity index (χ1v) is 9.77. The summed E-state index contributed by atoms with van der Waals surface area (Å²) in [5, 5.41) is 3.94. The van der Waals surface area contributed by atoms with E-state index < -0.39 is 10.1 Å². The minimum Gasteiger partial charge on any atom is -0.497 e. The zero-order valence-electron chi connectivity index (χ0n) is 13.4. The smallest absolute Gasteiger partial charge is 0.358 e. The summed E-state index contributed by atoms with van der Waals surface area (Å²) < 4.78 is 34.5. The van der Waals surface area contributed by atoms with Gasteiger partial charge in [0.25, 0.3) is 0 Å². The lowest BCUT2D eigenvalue weighted by Gasteiger charge is -2.17. The summed E-state index contributed by atoms with van der Waals surface area (Å²) >= 11 is 1.74. The molecule has 1 heterocycles. The minimum atomic E-state index is -3.95. The van der Waals surface area contributed by atoms with E-state index in [1.807, 2.05) is 25.1 Å². The lowest BCUT2D eigenvalue weighted by Crippen LogP contribution is -2.12. The Bertz CT molecular complexity index is 874. The number of thioether (sulfide) groups is 1. The van der Waals surface area contributed by atoms with Crippen LogP contribution in [0.3, 0.4) is 0 Å². The molecule has 0 aromatic heterocycles. The first kappa shape index (κ1) is 16.9. The fraction of sp³-hybridized carbons (Fsp3) is 0.235. The van der Waals surface area contributed by atoms with Gasteiger partial charge in [0.1, 0.15) is 10.6 Å². The highest BCUT2D eigenvalue weighted by atomic mass is 32.2. The highest BCUT2D eigenvalue weighted by molar-refractivity contribution is 7.99. The Balaban J connectivity index is 1.86. The number of nitrogens with zero attached hydrogens (tertiary/aromatic N) is 1. The Morgan fingerprint density at radius 3 is 2.58 bits per heavy atom. The quantitative estimate of drug-likeness (QED) is 0.777. The summed E-state index contributed by atoms with van der Waals surface area (Å²) in [6.07, 6.45) is 0.666. The molecule has 2 aromatic rings. The van der Waals surface area contributed by atoms with E-state index >= 15 is 0 Å². The van der Waals surface area contributed by atoms with Crippen LogP contribution in [-0.2, 0) is 14.4 Å². The molecular formula is C17H17NO4S2. The Kier molecular flexibility index (Phi) is 4.82. The average Bonchev–Trinajstić information content (AvgIpc) is 2.60. The highest BCUT2D eigenvalue weighted by Gasteiger charge is 2.20. The number of rotatable bonds is 4. The molecule has 3 rings (SSSR count). The molecule has 0 radical (unpaired) electrons.